The minimum Gasteiger partial charge on any atom is -0.489 e. The van der Waals surface area contributed by atoms with E-state index in [1.165, 1.54) is 0 Å². The van der Waals surface area contributed by atoms with Crippen molar-refractivity contribution in [1.29, 1.82) is 0 Å². The van der Waals surface area contributed by atoms with Crippen LogP contribution in [-0.2, 0) is 6.61 Å². The zero-order valence-electron chi connectivity index (χ0n) is 10.1. The van der Waals surface area contributed by atoms with E-state index in [0.29, 0.717) is 6.61 Å². The first kappa shape index (κ1) is 12.6. The molecule has 0 bridgehead atoms. The van der Waals surface area contributed by atoms with E-state index in [9.17, 15) is 0 Å². The molecule has 0 aromatic heterocycles. The van der Waals surface area contributed by atoms with E-state index < -0.39 is 0 Å². The van der Waals surface area contributed by atoms with Crippen LogP contribution in [0.5, 0.6) is 5.75 Å². The molecule has 0 spiro atoms. The summed E-state index contributed by atoms with van der Waals surface area (Å²) in [6, 6.07) is 17.2. The van der Waals surface area contributed by atoms with Crippen LogP contribution in [0, 0.1) is 0 Å². The molecule has 18 heavy (non-hydrogen) atoms. The fraction of sp³-hybridized carbons (Fsp3) is 0.200. The van der Waals surface area contributed by atoms with Gasteiger partial charge in [0.1, 0.15) is 12.4 Å². The van der Waals surface area contributed by atoms with Gasteiger partial charge in [-0.25, -0.2) is 0 Å². The van der Waals surface area contributed by atoms with E-state index in [4.69, 9.17) is 15.6 Å². The second-order valence-corrected chi connectivity index (χ2v) is 4.13. The third-order valence-corrected chi connectivity index (χ3v) is 2.75. The molecule has 0 aliphatic rings. The van der Waals surface area contributed by atoms with Gasteiger partial charge in [-0.05, 0) is 23.3 Å². The summed E-state index contributed by atoms with van der Waals surface area (Å²) in [6.45, 7) is 0.496. The largest absolute Gasteiger partial charge is 0.489 e. The maximum Gasteiger partial charge on any atom is 0.119 e. The quantitative estimate of drug-likeness (QED) is 0.847. The maximum absolute atomic E-state index is 8.95. The van der Waals surface area contributed by atoms with Gasteiger partial charge in [0.15, 0.2) is 0 Å². The number of ether oxygens (including phenoxy) is 1. The number of hydrogen-bond acceptors (Lipinski definition) is 3. The molecule has 3 heteroatoms. The first-order valence-corrected chi connectivity index (χ1v) is 5.92. The van der Waals surface area contributed by atoms with Crippen LogP contribution < -0.4 is 10.5 Å². The Morgan fingerprint density at radius 2 is 1.67 bits per heavy atom. The Morgan fingerprint density at radius 1 is 1.00 bits per heavy atom. The van der Waals surface area contributed by atoms with Crippen LogP contribution in [-0.4, -0.2) is 11.7 Å². The van der Waals surface area contributed by atoms with Gasteiger partial charge < -0.3 is 15.6 Å². The van der Waals surface area contributed by atoms with E-state index in [2.05, 4.69) is 0 Å². The molecular weight excluding hydrogens is 226 g/mol. The van der Waals surface area contributed by atoms with E-state index in [-0.39, 0.29) is 12.6 Å². The molecule has 0 amide bonds. The molecule has 0 saturated carbocycles. The van der Waals surface area contributed by atoms with E-state index in [1.54, 1.807) is 0 Å². The van der Waals surface area contributed by atoms with Gasteiger partial charge in [-0.2, -0.15) is 0 Å². The minimum absolute atomic E-state index is 0.0514. The number of nitrogens with two attached hydrogens (primary N) is 1. The molecule has 2 rings (SSSR count). The minimum atomic E-state index is -0.326. The van der Waals surface area contributed by atoms with Crippen molar-refractivity contribution >= 4 is 0 Å². The van der Waals surface area contributed by atoms with Crippen LogP contribution in [0.3, 0.4) is 0 Å². The van der Waals surface area contributed by atoms with Crippen LogP contribution >= 0.6 is 0 Å². The Balaban J connectivity index is 1.94. The first-order valence-electron chi connectivity index (χ1n) is 5.92. The number of rotatable bonds is 5. The van der Waals surface area contributed by atoms with Crippen LogP contribution in [0.4, 0.5) is 0 Å². The molecule has 1 atom stereocenters. The highest BCUT2D eigenvalue weighted by Gasteiger charge is 2.03. The fourth-order valence-electron chi connectivity index (χ4n) is 1.66. The smallest absolute Gasteiger partial charge is 0.119 e. The van der Waals surface area contributed by atoms with Gasteiger partial charge in [0.25, 0.3) is 0 Å². The second-order valence-electron chi connectivity index (χ2n) is 4.13. The second kappa shape index (κ2) is 6.19. The van der Waals surface area contributed by atoms with Crippen LogP contribution in [0.25, 0.3) is 0 Å². The molecule has 3 N–H and O–H groups in total. The van der Waals surface area contributed by atoms with Crippen LogP contribution in [0.1, 0.15) is 17.2 Å². The summed E-state index contributed by atoms with van der Waals surface area (Å²) in [5.41, 5.74) is 7.76. The topological polar surface area (TPSA) is 55.5 Å². The van der Waals surface area contributed by atoms with Gasteiger partial charge in [-0.15, -0.1) is 0 Å². The summed E-state index contributed by atoms with van der Waals surface area (Å²) in [4.78, 5) is 0. The lowest BCUT2D eigenvalue weighted by Gasteiger charge is -2.10. The summed E-state index contributed by atoms with van der Waals surface area (Å²) in [6.07, 6.45) is 0. The normalized spacial score (nSPS) is 12.1. The van der Waals surface area contributed by atoms with Gasteiger partial charge in [-0.1, -0.05) is 42.5 Å². The fourth-order valence-corrected chi connectivity index (χ4v) is 1.66. The van der Waals surface area contributed by atoms with Crippen molar-refractivity contribution in [3.8, 4) is 5.75 Å². The predicted molar refractivity (Wildman–Crippen MR) is 71.2 cm³/mol. The molecule has 2 aromatic rings. The van der Waals surface area contributed by atoms with Gasteiger partial charge >= 0.3 is 0 Å². The Bertz CT molecular complexity index is 468. The monoisotopic (exact) mass is 243 g/mol. The van der Waals surface area contributed by atoms with Crippen molar-refractivity contribution < 1.29 is 9.84 Å². The number of benzene rings is 2. The van der Waals surface area contributed by atoms with Gasteiger partial charge in [0, 0.05) is 0 Å². The molecule has 0 fully saturated rings. The molecule has 0 aliphatic heterocycles. The first-order chi connectivity index (χ1) is 8.79. The lowest BCUT2D eigenvalue weighted by molar-refractivity contribution is 0.267. The van der Waals surface area contributed by atoms with Crippen molar-refractivity contribution in [1.82, 2.24) is 0 Å². The number of aliphatic hydroxyl groups is 1. The summed E-state index contributed by atoms with van der Waals surface area (Å²) in [7, 11) is 0. The van der Waals surface area contributed by atoms with E-state index in [1.807, 2.05) is 54.6 Å². The zero-order chi connectivity index (χ0) is 12.8. The Labute approximate surface area is 107 Å². The van der Waals surface area contributed by atoms with Gasteiger partial charge in [0.05, 0.1) is 12.6 Å². The standard InChI is InChI=1S/C15H17NO2/c16-15(10-17)13-6-8-14(9-7-13)18-11-12-4-2-1-3-5-12/h1-9,15,17H,10-11,16H2. The highest BCUT2D eigenvalue weighted by atomic mass is 16.5. The van der Waals surface area contributed by atoms with Crippen molar-refractivity contribution in [2.45, 2.75) is 12.6 Å². The zero-order valence-corrected chi connectivity index (χ0v) is 10.1. The molecule has 1 unspecified atom stereocenters. The highest BCUT2D eigenvalue weighted by molar-refractivity contribution is 5.29. The van der Waals surface area contributed by atoms with E-state index >= 15 is 0 Å². The van der Waals surface area contributed by atoms with Crippen molar-refractivity contribution in [2.75, 3.05) is 6.61 Å². The predicted octanol–water partition coefficient (Wildman–Crippen LogP) is 2.26. The van der Waals surface area contributed by atoms with Gasteiger partial charge in [0.2, 0.25) is 0 Å². The average Bonchev–Trinajstić information content (AvgIpc) is 2.46. The third kappa shape index (κ3) is 3.32. The highest BCUT2D eigenvalue weighted by Crippen LogP contribution is 2.17. The molecule has 0 saturated heterocycles. The summed E-state index contributed by atoms with van der Waals surface area (Å²) >= 11 is 0. The van der Waals surface area contributed by atoms with E-state index in [0.717, 1.165) is 16.9 Å². The van der Waals surface area contributed by atoms with Crippen molar-refractivity contribution in [3.05, 3.63) is 65.7 Å². The Morgan fingerprint density at radius 3 is 2.28 bits per heavy atom. The Hall–Kier alpha value is -1.84. The van der Waals surface area contributed by atoms with Crippen molar-refractivity contribution in [2.24, 2.45) is 5.73 Å². The molecule has 3 nitrogen and oxygen atoms in total. The third-order valence-electron chi connectivity index (χ3n) is 2.75. The molecular formula is C15H17NO2. The molecule has 0 heterocycles. The SMILES string of the molecule is NC(CO)c1ccc(OCc2ccccc2)cc1. The van der Waals surface area contributed by atoms with Crippen molar-refractivity contribution in [3.63, 3.8) is 0 Å². The molecule has 94 valence electrons. The Kier molecular flexibility index (Phi) is 4.34. The van der Waals surface area contributed by atoms with Gasteiger partial charge in [-0.3, -0.25) is 0 Å². The number of hydrogen-bond donors (Lipinski definition) is 2. The van der Waals surface area contributed by atoms with Crippen LogP contribution in [0.15, 0.2) is 54.6 Å². The lowest BCUT2D eigenvalue weighted by Crippen LogP contribution is -2.14. The average molecular weight is 243 g/mol. The maximum atomic E-state index is 8.95. The lowest BCUT2D eigenvalue weighted by atomic mass is 10.1. The molecule has 0 radical (unpaired) electrons. The van der Waals surface area contributed by atoms with Crippen LogP contribution in [0.2, 0.25) is 0 Å². The summed E-state index contributed by atoms with van der Waals surface area (Å²) < 4.78 is 5.66. The summed E-state index contributed by atoms with van der Waals surface area (Å²) in [5, 5.41) is 8.95. The molecule has 0 aliphatic carbocycles. The number of aliphatic hydroxyl groups excluding tert-OH is 1. The molecule has 2 aromatic carbocycles. The summed E-state index contributed by atoms with van der Waals surface area (Å²) in [5.74, 6) is 0.799.